The molecule has 1 unspecified atom stereocenters. The Morgan fingerprint density at radius 2 is 2.46 bits per heavy atom. The Kier molecular flexibility index (Phi) is 3.08. The molecule has 1 aliphatic rings. The van der Waals surface area contributed by atoms with Gasteiger partial charge in [-0.15, -0.1) is 0 Å². The molecule has 0 aliphatic carbocycles. The molecule has 1 heterocycles. The lowest BCUT2D eigenvalue weighted by molar-refractivity contribution is -0.135. The van der Waals surface area contributed by atoms with Gasteiger partial charge in [0.1, 0.15) is 12.4 Å². The van der Waals surface area contributed by atoms with Crippen LogP contribution in [0, 0.1) is 5.92 Å². The molecule has 1 saturated heterocycles. The van der Waals surface area contributed by atoms with Crippen molar-refractivity contribution in [3.05, 3.63) is 23.5 Å². The summed E-state index contributed by atoms with van der Waals surface area (Å²) in [6, 6.07) is 0. The van der Waals surface area contributed by atoms with E-state index >= 15 is 0 Å². The van der Waals surface area contributed by atoms with E-state index in [4.69, 9.17) is 5.11 Å². The Bertz CT molecular complexity index is 265. The number of carbonyl (C=O) groups is 1. The van der Waals surface area contributed by atoms with E-state index in [0.717, 1.165) is 0 Å². The number of ether oxygens (including phenoxy) is 1. The third-order valence-electron chi connectivity index (χ3n) is 1.86. The Morgan fingerprint density at radius 3 is 3.00 bits per heavy atom. The Morgan fingerprint density at radius 1 is 1.77 bits per heavy atom. The van der Waals surface area contributed by atoms with Gasteiger partial charge in [0.2, 0.25) is 0 Å². The SMILES string of the molecule is C/C=C/C(O)=C1\C(=O)OCC1CO. The molecule has 0 radical (unpaired) electrons. The van der Waals surface area contributed by atoms with E-state index < -0.39 is 11.9 Å². The van der Waals surface area contributed by atoms with Gasteiger partial charge in [0.25, 0.3) is 0 Å². The predicted octanol–water partition coefficient (Wildman–Crippen LogP) is 0.540. The molecule has 0 aromatic heterocycles. The fraction of sp³-hybridized carbons (Fsp3) is 0.444. The fourth-order valence-corrected chi connectivity index (χ4v) is 1.21. The number of rotatable bonds is 2. The average Bonchev–Trinajstić information content (AvgIpc) is 2.47. The van der Waals surface area contributed by atoms with E-state index in [9.17, 15) is 9.90 Å². The van der Waals surface area contributed by atoms with Crippen LogP contribution in [0.2, 0.25) is 0 Å². The fourth-order valence-electron chi connectivity index (χ4n) is 1.21. The predicted molar refractivity (Wildman–Crippen MR) is 46.0 cm³/mol. The van der Waals surface area contributed by atoms with Crippen molar-refractivity contribution in [2.24, 2.45) is 5.92 Å². The van der Waals surface area contributed by atoms with Gasteiger partial charge in [-0.3, -0.25) is 0 Å². The van der Waals surface area contributed by atoms with Crippen LogP contribution in [-0.2, 0) is 9.53 Å². The summed E-state index contributed by atoms with van der Waals surface area (Å²) >= 11 is 0. The second kappa shape index (κ2) is 4.09. The van der Waals surface area contributed by atoms with Crippen LogP contribution in [0.4, 0.5) is 0 Å². The maximum Gasteiger partial charge on any atom is 0.338 e. The van der Waals surface area contributed by atoms with Gasteiger partial charge in [-0.2, -0.15) is 0 Å². The number of carbonyl (C=O) groups excluding carboxylic acids is 1. The third kappa shape index (κ3) is 1.89. The molecule has 1 fully saturated rings. The quantitative estimate of drug-likeness (QED) is 0.373. The summed E-state index contributed by atoms with van der Waals surface area (Å²) < 4.78 is 4.69. The third-order valence-corrected chi connectivity index (χ3v) is 1.86. The number of aliphatic hydroxyl groups is 2. The van der Waals surface area contributed by atoms with E-state index in [-0.39, 0.29) is 24.5 Å². The van der Waals surface area contributed by atoms with Crippen LogP contribution in [0.3, 0.4) is 0 Å². The van der Waals surface area contributed by atoms with Gasteiger partial charge in [-0.05, 0) is 13.0 Å². The lowest BCUT2D eigenvalue weighted by Crippen LogP contribution is -2.10. The Balaban J connectivity index is 2.97. The van der Waals surface area contributed by atoms with Crippen molar-refractivity contribution < 1.29 is 19.7 Å². The molecular weight excluding hydrogens is 172 g/mol. The molecule has 0 spiro atoms. The Hall–Kier alpha value is -1.29. The largest absolute Gasteiger partial charge is 0.507 e. The van der Waals surface area contributed by atoms with Gasteiger partial charge in [0.05, 0.1) is 18.1 Å². The molecule has 1 rings (SSSR count). The van der Waals surface area contributed by atoms with Crippen molar-refractivity contribution in [1.29, 1.82) is 0 Å². The highest BCUT2D eigenvalue weighted by Crippen LogP contribution is 2.23. The van der Waals surface area contributed by atoms with Gasteiger partial charge in [0, 0.05) is 0 Å². The zero-order valence-electron chi connectivity index (χ0n) is 7.36. The first kappa shape index (κ1) is 9.80. The van der Waals surface area contributed by atoms with Gasteiger partial charge >= 0.3 is 5.97 Å². The first-order valence-electron chi connectivity index (χ1n) is 4.04. The molecule has 4 heteroatoms. The summed E-state index contributed by atoms with van der Waals surface area (Å²) in [4.78, 5) is 11.1. The summed E-state index contributed by atoms with van der Waals surface area (Å²) in [5.41, 5.74) is 0.167. The van der Waals surface area contributed by atoms with Crippen LogP contribution in [0.5, 0.6) is 0 Å². The number of cyclic esters (lactones) is 1. The van der Waals surface area contributed by atoms with Crippen molar-refractivity contribution in [3.8, 4) is 0 Å². The highest BCUT2D eigenvalue weighted by atomic mass is 16.5. The van der Waals surface area contributed by atoms with Crippen molar-refractivity contribution in [2.45, 2.75) is 6.92 Å². The van der Waals surface area contributed by atoms with Crippen molar-refractivity contribution in [1.82, 2.24) is 0 Å². The van der Waals surface area contributed by atoms with Crippen molar-refractivity contribution in [2.75, 3.05) is 13.2 Å². The normalized spacial score (nSPS) is 26.6. The highest BCUT2D eigenvalue weighted by molar-refractivity contribution is 5.92. The Labute approximate surface area is 76.1 Å². The number of allylic oxidation sites excluding steroid dienone is 2. The lowest BCUT2D eigenvalue weighted by atomic mass is 10.0. The zero-order chi connectivity index (χ0) is 9.84. The van der Waals surface area contributed by atoms with E-state index in [1.165, 1.54) is 6.08 Å². The van der Waals surface area contributed by atoms with Crippen LogP contribution in [0.25, 0.3) is 0 Å². The molecule has 2 N–H and O–H groups in total. The molecule has 0 saturated carbocycles. The molecule has 1 atom stereocenters. The van der Waals surface area contributed by atoms with E-state index in [0.29, 0.717) is 0 Å². The monoisotopic (exact) mass is 184 g/mol. The van der Waals surface area contributed by atoms with E-state index in [1.807, 2.05) is 0 Å². The minimum atomic E-state index is -0.547. The standard InChI is InChI=1S/C9H12O4/c1-2-3-7(11)8-6(4-10)5-13-9(8)12/h2-3,6,10-11H,4-5H2,1H3/b3-2+,8-7+. The second-order valence-electron chi connectivity index (χ2n) is 2.78. The maximum absolute atomic E-state index is 11.1. The van der Waals surface area contributed by atoms with Gasteiger partial charge < -0.3 is 14.9 Å². The summed E-state index contributed by atoms with van der Waals surface area (Å²) in [5.74, 6) is -1.07. The topological polar surface area (TPSA) is 66.8 Å². The summed E-state index contributed by atoms with van der Waals surface area (Å²) in [5, 5.41) is 18.3. The maximum atomic E-state index is 11.1. The van der Waals surface area contributed by atoms with Gasteiger partial charge in [-0.25, -0.2) is 4.79 Å². The molecule has 13 heavy (non-hydrogen) atoms. The molecular formula is C9H12O4. The number of hydrogen-bond acceptors (Lipinski definition) is 4. The highest BCUT2D eigenvalue weighted by Gasteiger charge is 2.32. The van der Waals surface area contributed by atoms with Crippen LogP contribution >= 0.6 is 0 Å². The first-order chi connectivity index (χ1) is 6.20. The smallest absolute Gasteiger partial charge is 0.338 e. The average molecular weight is 184 g/mol. The van der Waals surface area contributed by atoms with E-state index in [2.05, 4.69) is 4.74 Å². The summed E-state index contributed by atoms with van der Waals surface area (Å²) in [7, 11) is 0. The van der Waals surface area contributed by atoms with Crippen LogP contribution < -0.4 is 0 Å². The molecule has 0 aromatic rings. The lowest BCUT2D eigenvalue weighted by Gasteiger charge is -2.03. The first-order valence-corrected chi connectivity index (χ1v) is 4.04. The van der Waals surface area contributed by atoms with Crippen molar-refractivity contribution >= 4 is 5.97 Å². The minimum absolute atomic E-state index is 0.121. The second-order valence-corrected chi connectivity index (χ2v) is 2.78. The molecule has 0 aromatic carbocycles. The van der Waals surface area contributed by atoms with Crippen molar-refractivity contribution in [3.63, 3.8) is 0 Å². The molecule has 0 amide bonds. The van der Waals surface area contributed by atoms with Crippen LogP contribution in [0.15, 0.2) is 23.5 Å². The van der Waals surface area contributed by atoms with E-state index in [1.54, 1.807) is 13.0 Å². The van der Waals surface area contributed by atoms with Crippen LogP contribution in [-0.4, -0.2) is 29.4 Å². The number of aliphatic hydroxyl groups excluding tert-OH is 2. The minimum Gasteiger partial charge on any atom is -0.507 e. The summed E-state index contributed by atoms with van der Waals surface area (Å²) in [6.45, 7) is 1.68. The zero-order valence-corrected chi connectivity index (χ0v) is 7.36. The number of esters is 1. The van der Waals surface area contributed by atoms with Gasteiger partial charge in [-0.1, -0.05) is 6.08 Å². The molecule has 0 bridgehead atoms. The molecule has 1 aliphatic heterocycles. The molecule has 4 nitrogen and oxygen atoms in total. The molecule has 72 valence electrons. The van der Waals surface area contributed by atoms with Gasteiger partial charge in [0.15, 0.2) is 0 Å². The van der Waals surface area contributed by atoms with Crippen LogP contribution in [0.1, 0.15) is 6.92 Å². The number of hydrogen-bond donors (Lipinski definition) is 2. The summed E-state index contributed by atoms with van der Waals surface area (Å²) in [6.07, 6.45) is 3.02.